The molecule has 4 aromatic rings. The van der Waals surface area contributed by atoms with Crippen LogP contribution >= 0.6 is 11.7 Å². The van der Waals surface area contributed by atoms with Gasteiger partial charge in [-0.15, -0.1) is 0 Å². The third kappa shape index (κ3) is 4.11. The molecule has 2 N–H and O–H groups in total. The van der Waals surface area contributed by atoms with Gasteiger partial charge in [0.2, 0.25) is 10.0 Å². The number of aromatic nitrogens is 3. The van der Waals surface area contributed by atoms with Crippen molar-refractivity contribution < 1.29 is 18.3 Å². The zero-order chi connectivity index (χ0) is 22.9. The molecule has 0 aliphatic rings. The molecule has 0 amide bonds. The minimum absolute atomic E-state index is 0.0435. The predicted molar refractivity (Wildman–Crippen MR) is 123 cm³/mol. The average Bonchev–Trinajstić information content (AvgIpc) is 3.24. The molecule has 32 heavy (non-hydrogen) atoms. The van der Waals surface area contributed by atoms with E-state index in [0.717, 1.165) is 17.1 Å². The number of benzene rings is 2. The summed E-state index contributed by atoms with van der Waals surface area (Å²) in [5.41, 5.74) is 1.87. The van der Waals surface area contributed by atoms with E-state index in [1.165, 1.54) is 4.31 Å². The zero-order valence-corrected chi connectivity index (χ0v) is 19.2. The van der Waals surface area contributed by atoms with Gasteiger partial charge < -0.3 is 14.8 Å². The van der Waals surface area contributed by atoms with Crippen molar-refractivity contribution in [3.63, 3.8) is 0 Å². The van der Waals surface area contributed by atoms with Crippen LogP contribution < -0.4 is 10.3 Å². The normalized spacial score (nSPS) is 12.1. The maximum absolute atomic E-state index is 13.7. The summed E-state index contributed by atoms with van der Waals surface area (Å²) in [5.74, 6) is 0.624. The number of sulfonamides is 1. The Kier molecular flexibility index (Phi) is 6.24. The summed E-state index contributed by atoms with van der Waals surface area (Å²) < 4.78 is 42.2. The van der Waals surface area contributed by atoms with E-state index in [4.69, 9.17) is 4.74 Å². The molecule has 0 unspecified atom stereocenters. The summed E-state index contributed by atoms with van der Waals surface area (Å²) in [6.07, 6.45) is 0.225. The highest BCUT2D eigenvalue weighted by atomic mass is 32.2. The lowest BCUT2D eigenvalue weighted by atomic mass is 10.1. The summed E-state index contributed by atoms with van der Waals surface area (Å²) in [4.78, 5) is 15.6. The van der Waals surface area contributed by atoms with Crippen molar-refractivity contribution in [1.82, 2.24) is 18.0 Å². The minimum Gasteiger partial charge on any atom is -0.497 e. The molecule has 0 saturated carbocycles. The van der Waals surface area contributed by atoms with E-state index >= 15 is 0 Å². The molecule has 0 bridgehead atoms. The van der Waals surface area contributed by atoms with Gasteiger partial charge in [-0.2, -0.15) is 13.1 Å². The lowest BCUT2D eigenvalue weighted by molar-refractivity contribution is 0.267. The first-order valence-electron chi connectivity index (χ1n) is 9.88. The summed E-state index contributed by atoms with van der Waals surface area (Å²) in [7, 11) is -2.48. The second-order valence-corrected chi connectivity index (χ2v) is 9.74. The van der Waals surface area contributed by atoms with Crippen molar-refractivity contribution >= 4 is 43.7 Å². The van der Waals surface area contributed by atoms with Crippen molar-refractivity contribution in [2.75, 3.05) is 20.3 Å². The topological polar surface area (TPSA) is 125 Å². The number of aliphatic hydroxyl groups is 1. The quantitative estimate of drug-likeness (QED) is 0.402. The fourth-order valence-corrected chi connectivity index (χ4v) is 5.99. The van der Waals surface area contributed by atoms with E-state index in [0.29, 0.717) is 27.9 Å². The predicted octanol–water partition coefficient (Wildman–Crippen LogP) is 2.42. The van der Waals surface area contributed by atoms with Crippen molar-refractivity contribution in [2.45, 2.75) is 24.8 Å². The van der Waals surface area contributed by atoms with Crippen molar-refractivity contribution in [2.24, 2.45) is 0 Å². The highest BCUT2D eigenvalue weighted by Crippen LogP contribution is 2.29. The van der Waals surface area contributed by atoms with Gasteiger partial charge in [0.05, 0.1) is 18.8 Å². The maximum Gasteiger partial charge on any atom is 0.252 e. The standard InChI is InChI=1S/C21H22N4O5S2/c1-13-4-6-18-19(24-31-23-18)20(13)32(28,29)25(8-3-9-26)12-15-10-14-11-16(30-2)5-7-17(14)22-21(15)27/h4-7,10-11,26H,3,8-9,12H2,1-2H3,(H,22,27). The average molecular weight is 475 g/mol. The molecule has 4 rings (SSSR count). The van der Waals surface area contributed by atoms with Crippen LogP contribution in [0.4, 0.5) is 0 Å². The van der Waals surface area contributed by atoms with Crippen LogP contribution in [0, 0.1) is 6.92 Å². The van der Waals surface area contributed by atoms with Gasteiger partial charge in [0.15, 0.2) is 0 Å². The van der Waals surface area contributed by atoms with Gasteiger partial charge in [-0.1, -0.05) is 6.07 Å². The Hall–Kier alpha value is -2.86. The first-order chi connectivity index (χ1) is 15.3. The van der Waals surface area contributed by atoms with E-state index in [1.807, 2.05) is 0 Å². The molecular weight excluding hydrogens is 452 g/mol. The number of hydrogen-bond acceptors (Lipinski definition) is 8. The molecule has 2 aromatic carbocycles. The second-order valence-electron chi connectivity index (χ2n) is 7.34. The number of aromatic amines is 1. The molecule has 0 atom stereocenters. The van der Waals surface area contributed by atoms with E-state index < -0.39 is 10.0 Å². The number of fused-ring (bicyclic) bond motifs is 2. The van der Waals surface area contributed by atoms with Gasteiger partial charge in [-0.3, -0.25) is 4.79 Å². The third-order valence-electron chi connectivity index (χ3n) is 5.22. The van der Waals surface area contributed by atoms with Gasteiger partial charge in [0.25, 0.3) is 5.56 Å². The van der Waals surface area contributed by atoms with Gasteiger partial charge in [0, 0.05) is 36.2 Å². The first-order valence-corrected chi connectivity index (χ1v) is 12.0. The molecule has 0 aliphatic heterocycles. The largest absolute Gasteiger partial charge is 0.497 e. The summed E-state index contributed by atoms with van der Waals surface area (Å²) in [6.45, 7) is 1.41. The van der Waals surface area contributed by atoms with Gasteiger partial charge in [-0.25, -0.2) is 8.42 Å². The molecular formula is C21H22N4O5S2. The monoisotopic (exact) mass is 474 g/mol. The van der Waals surface area contributed by atoms with Crippen LogP contribution in [0.5, 0.6) is 5.75 Å². The van der Waals surface area contributed by atoms with Crippen LogP contribution in [-0.4, -0.2) is 51.8 Å². The Labute approximate surface area is 188 Å². The van der Waals surface area contributed by atoms with Crippen LogP contribution in [0.1, 0.15) is 17.5 Å². The number of ether oxygens (including phenoxy) is 1. The Morgan fingerprint density at radius 1 is 1.19 bits per heavy atom. The van der Waals surface area contributed by atoms with Crippen LogP contribution in [0.2, 0.25) is 0 Å². The lowest BCUT2D eigenvalue weighted by Gasteiger charge is -2.23. The van der Waals surface area contributed by atoms with Crippen LogP contribution in [0.15, 0.2) is 46.1 Å². The van der Waals surface area contributed by atoms with E-state index in [2.05, 4.69) is 13.7 Å². The summed E-state index contributed by atoms with van der Waals surface area (Å²) in [6, 6.07) is 10.3. The highest BCUT2D eigenvalue weighted by Gasteiger charge is 2.30. The Balaban J connectivity index is 1.81. The van der Waals surface area contributed by atoms with Crippen molar-refractivity contribution in [1.29, 1.82) is 0 Å². The molecule has 9 nitrogen and oxygen atoms in total. The number of nitrogens with one attached hydrogen (secondary N) is 1. The van der Waals surface area contributed by atoms with Gasteiger partial charge in [-0.05, 0) is 49.2 Å². The fraction of sp³-hybridized carbons (Fsp3) is 0.286. The van der Waals surface area contributed by atoms with Crippen LogP contribution in [0.3, 0.4) is 0 Å². The Morgan fingerprint density at radius 3 is 2.75 bits per heavy atom. The molecule has 0 radical (unpaired) electrons. The van der Waals surface area contributed by atoms with Crippen molar-refractivity contribution in [3.8, 4) is 5.75 Å². The Morgan fingerprint density at radius 2 is 2.00 bits per heavy atom. The zero-order valence-electron chi connectivity index (χ0n) is 17.5. The number of aliphatic hydroxyl groups excluding tert-OH is 1. The maximum atomic E-state index is 13.7. The molecule has 2 aromatic heterocycles. The number of rotatable bonds is 8. The number of aryl methyl sites for hydroxylation is 1. The second kappa shape index (κ2) is 8.94. The summed E-state index contributed by atoms with van der Waals surface area (Å²) in [5, 5.41) is 10.1. The van der Waals surface area contributed by atoms with E-state index in [-0.39, 0.29) is 42.1 Å². The molecule has 2 heterocycles. The summed E-state index contributed by atoms with van der Waals surface area (Å²) >= 11 is 0.943. The van der Waals surface area contributed by atoms with Gasteiger partial charge >= 0.3 is 0 Å². The van der Waals surface area contributed by atoms with E-state index in [9.17, 15) is 18.3 Å². The minimum atomic E-state index is -4.03. The number of H-pyrrole nitrogens is 1. The van der Waals surface area contributed by atoms with Crippen molar-refractivity contribution in [3.05, 3.63) is 57.9 Å². The highest BCUT2D eigenvalue weighted by molar-refractivity contribution is 7.89. The van der Waals surface area contributed by atoms with Crippen LogP contribution in [0.25, 0.3) is 21.9 Å². The molecule has 0 spiro atoms. The number of methoxy groups -OCH3 is 1. The first kappa shape index (κ1) is 22.3. The third-order valence-corrected chi connectivity index (χ3v) is 7.78. The molecule has 168 valence electrons. The van der Waals surface area contributed by atoms with Gasteiger partial charge in [0.1, 0.15) is 21.7 Å². The Bertz CT molecular complexity index is 1450. The number of pyridine rings is 1. The smallest absolute Gasteiger partial charge is 0.252 e. The van der Waals surface area contributed by atoms with E-state index in [1.54, 1.807) is 50.4 Å². The molecule has 0 aliphatic carbocycles. The van der Waals surface area contributed by atoms with Crippen LogP contribution in [-0.2, 0) is 16.6 Å². The fourth-order valence-electron chi connectivity index (χ4n) is 3.58. The SMILES string of the molecule is COc1ccc2[nH]c(=O)c(CN(CCCO)S(=O)(=O)c3c(C)ccc4nsnc34)cc2c1. The lowest BCUT2D eigenvalue weighted by Crippen LogP contribution is -2.34. The molecule has 11 heteroatoms. The molecule has 0 fully saturated rings. The molecule has 0 saturated heterocycles. The number of hydrogen-bond donors (Lipinski definition) is 2. The number of nitrogens with zero attached hydrogens (tertiary/aromatic N) is 3.